The molecule has 120 valence electrons. The van der Waals surface area contributed by atoms with Crippen LogP contribution in [-0.4, -0.2) is 30.5 Å². The van der Waals surface area contributed by atoms with Gasteiger partial charge in [-0.05, 0) is 31.0 Å². The van der Waals surface area contributed by atoms with Crippen molar-refractivity contribution in [3.05, 3.63) is 60.2 Å². The Morgan fingerprint density at radius 3 is 2.52 bits per heavy atom. The molecule has 3 rings (SSSR count). The van der Waals surface area contributed by atoms with E-state index < -0.39 is 0 Å². The topological polar surface area (TPSA) is 41.6 Å². The first-order valence-electron chi connectivity index (χ1n) is 7.98. The number of carbonyl (C=O) groups excluding carboxylic acids is 1. The lowest BCUT2D eigenvalue weighted by molar-refractivity contribution is -0.130. The van der Waals surface area contributed by atoms with E-state index in [9.17, 15) is 4.79 Å². The third kappa shape index (κ3) is 4.03. The molecule has 0 aliphatic heterocycles. The number of hydrogen-bond acceptors (Lipinski definition) is 3. The van der Waals surface area contributed by atoms with E-state index in [1.54, 1.807) is 7.11 Å². The van der Waals surface area contributed by atoms with Gasteiger partial charge in [-0.25, -0.2) is 0 Å². The Balaban J connectivity index is 1.65. The van der Waals surface area contributed by atoms with E-state index in [-0.39, 0.29) is 5.91 Å². The summed E-state index contributed by atoms with van der Waals surface area (Å²) < 4.78 is 5.40. The van der Waals surface area contributed by atoms with Crippen LogP contribution >= 0.6 is 0 Å². The Morgan fingerprint density at radius 2 is 1.83 bits per heavy atom. The third-order valence-electron chi connectivity index (χ3n) is 4.06. The number of hydrogen-bond donors (Lipinski definition) is 1. The van der Waals surface area contributed by atoms with Crippen LogP contribution in [0.15, 0.2) is 54.6 Å². The van der Waals surface area contributed by atoms with Crippen LogP contribution in [0, 0.1) is 0 Å². The number of carbonyl (C=O) groups is 1. The number of benzene rings is 2. The minimum Gasteiger partial charge on any atom is -0.496 e. The van der Waals surface area contributed by atoms with Crippen molar-refractivity contribution in [2.75, 3.05) is 19.0 Å². The van der Waals surface area contributed by atoms with Crippen LogP contribution < -0.4 is 10.1 Å². The highest BCUT2D eigenvalue weighted by Crippen LogP contribution is 2.30. The van der Waals surface area contributed by atoms with Crippen LogP contribution in [0.25, 0.3) is 0 Å². The Hall–Kier alpha value is -2.49. The summed E-state index contributed by atoms with van der Waals surface area (Å²) in [7, 11) is 1.67. The van der Waals surface area contributed by atoms with Gasteiger partial charge < -0.3 is 15.0 Å². The molecular formula is C19H22N2O2. The van der Waals surface area contributed by atoms with E-state index in [2.05, 4.69) is 5.32 Å². The van der Waals surface area contributed by atoms with Crippen LogP contribution in [0.1, 0.15) is 18.4 Å². The van der Waals surface area contributed by atoms with E-state index in [0.29, 0.717) is 19.1 Å². The van der Waals surface area contributed by atoms with Crippen molar-refractivity contribution in [1.29, 1.82) is 0 Å². The highest BCUT2D eigenvalue weighted by Gasteiger charge is 2.32. The van der Waals surface area contributed by atoms with Crippen molar-refractivity contribution < 1.29 is 9.53 Å². The lowest BCUT2D eigenvalue weighted by atomic mass is 10.2. The average molecular weight is 310 g/mol. The molecule has 23 heavy (non-hydrogen) atoms. The fourth-order valence-corrected chi connectivity index (χ4v) is 2.66. The second-order valence-corrected chi connectivity index (χ2v) is 5.78. The fourth-order valence-electron chi connectivity index (χ4n) is 2.66. The van der Waals surface area contributed by atoms with Gasteiger partial charge in [0, 0.05) is 23.8 Å². The quantitative estimate of drug-likeness (QED) is 0.853. The third-order valence-corrected chi connectivity index (χ3v) is 4.06. The highest BCUT2D eigenvalue weighted by molar-refractivity contribution is 5.81. The van der Waals surface area contributed by atoms with E-state index in [1.807, 2.05) is 59.5 Å². The predicted molar refractivity (Wildman–Crippen MR) is 91.5 cm³/mol. The molecule has 1 N–H and O–H groups in total. The van der Waals surface area contributed by atoms with E-state index in [1.165, 1.54) is 0 Å². The molecule has 0 heterocycles. The van der Waals surface area contributed by atoms with Crippen molar-refractivity contribution in [1.82, 2.24) is 4.90 Å². The number of amides is 1. The number of methoxy groups -OCH3 is 1. The number of nitrogens with one attached hydrogen (secondary N) is 1. The molecule has 0 bridgehead atoms. The first kappa shape index (κ1) is 15.4. The maximum Gasteiger partial charge on any atom is 0.242 e. The van der Waals surface area contributed by atoms with Crippen LogP contribution in [0.2, 0.25) is 0 Å². The molecule has 2 aromatic rings. The molecule has 2 aromatic carbocycles. The molecule has 0 saturated heterocycles. The van der Waals surface area contributed by atoms with Gasteiger partial charge in [-0.1, -0.05) is 36.4 Å². The summed E-state index contributed by atoms with van der Waals surface area (Å²) in [6, 6.07) is 18.1. The van der Waals surface area contributed by atoms with Gasteiger partial charge >= 0.3 is 0 Å². The summed E-state index contributed by atoms with van der Waals surface area (Å²) in [5, 5.41) is 3.20. The second-order valence-electron chi connectivity index (χ2n) is 5.78. The van der Waals surface area contributed by atoms with Gasteiger partial charge in [0.15, 0.2) is 0 Å². The molecule has 0 radical (unpaired) electrons. The standard InChI is InChI=1S/C19H22N2O2/c1-23-18-10-6-5-7-15(18)14-21(17-11-12-17)19(22)13-20-16-8-3-2-4-9-16/h2-10,17,20H,11-14H2,1H3. The summed E-state index contributed by atoms with van der Waals surface area (Å²) in [4.78, 5) is 14.6. The summed E-state index contributed by atoms with van der Waals surface area (Å²) in [6.07, 6.45) is 2.18. The maximum atomic E-state index is 12.6. The molecule has 1 aliphatic rings. The summed E-state index contributed by atoms with van der Waals surface area (Å²) >= 11 is 0. The molecule has 1 fully saturated rings. The summed E-state index contributed by atoms with van der Waals surface area (Å²) in [5.41, 5.74) is 2.02. The molecule has 1 aliphatic carbocycles. The monoisotopic (exact) mass is 310 g/mol. The van der Waals surface area contributed by atoms with E-state index in [4.69, 9.17) is 4.74 Å². The first-order valence-corrected chi connectivity index (χ1v) is 7.98. The summed E-state index contributed by atoms with van der Waals surface area (Å²) in [5.74, 6) is 0.962. The number of ether oxygens (including phenoxy) is 1. The number of rotatable bonds is 7. The van der Waals surface area contributed by atoms with Gasteiger partial charge in [-0.2, -0.15) is 0 Å². The predicted octanol–water partition coefficient (Wildman–Crippen LogP) is 3.30. The molecule has 4 heteroatoms. The highest BCUT2D eigenvalue weighted by atomic mass is 16.5. The summed E-state index contributed by atoms with van der Waals surface area (Å²) in [6.45, 7) is 0.916. The molecule has 0 atom stereocenters. The van der Waals surface area contributed by atoms with Crippen molar-refractivity contribution in [3.63, 3.8) is 0 Å². The fraction of sp³-hybridized carbons (Fsp3) is 0.316. The zero-order valence-electron chi connectivity index (χ0n) is 13.4. The number of nitrogens with zero attached hydrogens (tertiary/aromatic N) is 1. The largest absolute Gasteiger partial charge is 0.496 e. The van der Waals surface area contributed by atoms with Gasteiger partial charge in [0.25, 0.3) is 0 Å². The molecule has 0 aromatic heterocycles. The van der Waals surface area contributed by atoms with Crippen molar-refractivity contribution in [2.45, 2.75) is 25.4 Å². The van der Waals surface area contributed by atoms with Crippen molar-refractivity contribution in [2.24, 2.45) is 0 Å². The minimum atomic E-state index is 0.127. The van der Waals surface area contributed by atoms with Gasteiger partial charge in [-0.15, -0.1) is 0 Å². The van der Waals surface area contributed by atoms with Crippen LogP contribution in [0.4, 0.5) is 5.69 Å². The molecule has 4 nitrogen and oxygen atoms in total. The Morgan fingerprint density at radius 1 is 1.13 bits per heavy atom. The first-order chi connectivity index (χ1) is 11.3. The zero-order valence-corrected chi connectivity index (χ0v) is 13.4. The number of anilines is 1. The SMILES string of the molecule is COc1ccccc1CN(C(=O)CNc1ccccc1)C1CC1. The smallest absolute Gasteiger partial charge is 0.242 e. The van der Waals surface area contributed by atoms with Crippen LogP contribution in [0.5, 0.6) is 5.75 Å². The number of para-hydroxylation sites is 2. The molecular weight excluding hydrogens is 288 g/mol. The Kier molecular flexibility index (Phi) is 4.81. The maximum absolute atomic E-state index is 12.6. The van der Waals surface area contributed by atoms with Crippen molar-refractivity contribution in [3.8, 4) is 5.75 Å². The van der Waals surface area contributed by atoms with Gasteiger partial charge in [0.1, 0.15) is 5.75 Å². The van der Waals surface area contributed by atoms with Gasteiger partial charge in [-0.3, -0.25) is 4.79 Å². The lowest BCUT2D eigenvalue weighted by Gasteiger charge is -2.24. The van der Waals surface area contributed by atoms with E-state index in [0.717, 1.165) is 29.8 Å². The van der Waals surface area contributed by atoms with Gasteiger partial charge in [0.05, 0.1) is 13.7 Å². The Labute approximate surface area is 137 Å². The minimum absolute atomic E-state index is 0.127. The molecule has 0 unspecified atom stereocenters. The lowest BCUT2D eigenvalue weighted by Crippen LogP contribution is -2.36. The van der Waals surface area contributed by atoms with E-state index >= 15 is 0 Å². The molecule has 1 amide bonds. The van der Waals surface area contributed by atoms with Crippen LogP contribution in [-0.2, 0) is 11.3 Å². The average Bonchev–Trinajstić information content (AvgIpc) is 3.43. The molecule has 1 saturated carbocycles. The zero-order chi connectivity index (χ0) is 16.1. The Bertz CT molecular complexity index is 653. The second kappa shape index (κ2) is 7.18. The normalized spacial score (nSPS) is 13.4. The van der Waals surface area contributed by atoms with Crippen molar-refractivity contribution >= 4 is 11.6 Å². The molecule has 0 spiro atoms. The van der Waals surface area contributed by atoms with Crippen LogP contribution in [0.3, 0.4) is 0 Å². The van der Waals surface area contributed by atoms with Gasteiger partial charge in [0.2, 0.25) is 5.91 Å².